The van der Waals surface area contributed by atoms with Crippen LogP contribution in [0.3, 0.4) is 0 Å². The molecule has 0 saturated carbocycles. The van der Waals surface area contributed by atoms with Crippen LogP contribution in [0, 0.1) is 0 Å². The highest BCUT2D eigenvalue weighted by Crippen LogP contribution is 2.26. The minimum Gasteiger partial charge on any atom is -0.478 e. The molecule has 0 amide bonds. The van der Waals surface area contributed by atoms with Gasteiger partial charge >= 0.3 is 5.97 Å². The van der Waals surface area contributed by atoms with Gasteiger partial charge in [-0.15, -0.1) is 0 Å². The maximum absolute atomic E-state index is 10.7. The second-order valence-electron chi connectivity index (χ2n) is 3.00. The molecule has 0 aromatic carbocycles. The van der Waals surface area contributed by atoms with Gasteiger partial charge in [0.15, 0.2) is 0 Å². The van der Waals surface area contributed by atoms with Crippen molar-refractivity contribution in [2.75, 3.05) is 0 Å². The number of carbonyl (C=O) groups is 1. The molecular formula is C10H8N2O2. The van der Waals surface area contributed by atoms with Crippen molar-refractivity contribution < 1.29 is 9.90 Å². The van der Waals surface area contributed by atoms with Gasteiger partial charge in [0.05, 0.1) is 12.4 Å². The predicted molar refractivity (Wildman–Crippen MR) is 50.5 cm³/mol. The lowest BCUT2D eigenvalue weighted by atomic mass is 9.93. The van der Waals surface area contributed by atoms with Gasteiger partial charge in [0.1, 0.15) is 0 Å². The quantitative estimate of drug-likeness (QED) is 0.685. The lowest BCUT2D eigenvalue weighted by molar-refractivity contribution is -0.132. The number of carboxylic acids is 1. The Morgan fingerprint density at radius 1 is 1.36 bits per heavy atom. The number of allylic oxidation sites excluding steroid dienone is 5. The zero-order valence-corrected chi connectivity index (χ0v) is 7.34. The van der Waals surface area contributed by atoms with E-state index in [1.54, 1.807) is 24.6 Å². The van der Waals surface area contributed by atoms with E-state index >= 15 is 0 Å². The second-order valence-corrected chi connectivity index (χ2v) is 3.00. The van der Waals surface area contributed by atoms with E-state index in [1.807, 2.05) is 6.08 Å². The average Bonchev–Trinajstić information content (AvgIpc) is 2.41. The molecule has 4 heteroatoms. The highest BCUT2D eigenvalue weighted by molar-refractivity contribution is 5.88. The molecule has 0 aromatic rings. The summed E-state index contributed by atoms with van der Waals surface area (Å²) in [5.74, 6) is -0.883. The Labute approximate surface area is 80.7 Å². The zero-order chi connectivity index (χ0) is 9.97. The van der Waals surface area contributed by atoms with E-state index < -0.39 is 5.97 Å². The summed E-state index contributed by atoms with van der Waals surface area (Å²) in [6.45, 7) is 0. The van der Waals surface area contributed by atoms with Crippen LogP contribution in [-0.2, 0) is 4.79 Å². The minimum atomic E-state index is -0.883. The molecule has 0 aromatic heterocycles. The fourth-order valence-corrected chi connectivity index (χ4v) is 1.35. The minimum absolute atomic E-state index is 0.380. The topological polar surface area (TPSA) is 62.0 Å². The van der Waals surface area contributed by atoms with Crippen LogP contribution in [0.5, 0.6) is 0 Å². The molecule has 0 fully saturated rings. The Balaban J connectivity index is 2.38. The maximum atomic E-state index is 10.7. The molecular weight excluding hydrogens is 180 g/mol. The number of rotatable bonds is 1. The number of carboxylic acid groups (broad SMARTS) is 1. The number of hydrogen-bond donors (Lipinski definition) is 1. The molecule has 70 valence electrons. The van der Waals surface area contributed by atoms with Gasteiger partial charge < -0.3 is 5.11 Å². The lowest BCUT2D eigenvalue weighted by Crippen LogP contribution is -2.05. The Hall–Kier alpha value is -1.97. The van der Waals surface area contributed by atoms with Crippen molar-refractivity contribution in [1.29, 1.82) is 0 Å². The molecule has 0 saturated heterocycles. The molecule has 0 unspecified atom stereocenters. The number of hydrogen-bond acceptors (Lipinski definition) is 3. The van der Waals surface area contributed by atoms with Gasteiger partial charge in [-0.25, -0.2) is 4.79 Å². The number of nitrogens with zero attached hydrogens (tertiary/aromatic N) is 2. The number of fused-ring (bicyclic) bond motifs is 1. The SMILES string of the molecule is O=C(O)C1=CC=C2C=CN=NC=C2C1. The molecule has 0 atom stereocenters. The molecule has 0 bridgehead atoms. The fourth-order valence-electron chi connectivity index (χ4n) is 1.35. The van der Waals surface area contributed by atoms with Crippen LogP contribution in [0.25, 0.3) is 0 Å². The Bertz CT molecular complexity index is 425. The molecule has 14 heavy (non-hydrogen) atoms. The van der Waals surface area contributed by atoms with Crippen LogP contribution >= 0.6 is 0 Å². The van der Waals surface area contributed by atoms with Crippen molar-refractivity contribution in [2.45, 2.75) is 6.42 Å². The lowest BCUT2D eigenvalue weighted by Gasteiger charge is -2.11. The molecule has 0 radical (unpaired) electrons. The van der Waals surface area contributed by atoms with Gasteiger partial charge in [-0.05, 0) is 17.2 Å². The Morgan fingerprint density at radius 2 is 2.21 bits per heavy atom. The monoisotopic (exact) mass is 188 g/mol. The third-order valence-electron chi connectivity index (χ3n) is 2.09. The normalized spacial score (nSPS) is 19.0. The molecule has 2 rings (SSSR count). The summed E-state index contributed by atoms with van der Waals surface area (Å²) in [5, 5.41) is 16.3. The van der Waals surface area contributed by atoms with Gasteiger partial charge in [-0.2, -0.15) is 10.2 Å². The highest BCUT2D eigenvalue weighted by atomic mass is 16.4. The van der Waals surface area contributed by atoms with E-state index in [1.165, 1.54) is 0 Å². The van der Waals surface area contributed by atoms with Crippen LogP contribution in [0.2, 0.25) is 0 Å². The summed E-state index contributed by atoms with van der Waals surface area (Å²) < 4.78 is 0. The van der Waals surface area contributed by atoms with Gasteiger partial charge in [-0.3, -0.25) is 0 Å². The summed E-state index contributed by atoms with van der Waals surface area (Å²) in [7, 11) is 0. The first-order valence-corrected chi connectivity index (χ1v) is 4.17. The number of azo groups is 1. The summed E-state index contributed by atoms with van der Waals surface area (Å²) in [6.07, 6.45) is 8.80. The van der Waals surface area contributed by atoms with Crippen LogP contribution in [0.4, 0.5) is 0 Å². The maximum Gasteiger partial charge on any atom is 0.331 e. The first kappa shape index (κ1) is 8.62. The van der Waals surface area contributed by atoms with Crippen molar-refractivity contribution >= 4 is 5.97 Å². The average molecular weight is 188 g/mol. The molecule has 0 spiro atoms. The van der Waals surface area contributed by atoms with Crippen molar-refractivity contribution in [3.05, 3.63) is 47.3 Å². The largest absolute Gasteiger partial charge is 0.478 e. The standard InChI is InChI=1S/C10H8N2O2/c13-10(14)8-2-1-7-3-4-11-12-6-9(7)5-8/h1-4,6H,5H2,(H,13,14). The fraction of sp³-hybridized carbons (Fsp3) is 0.100. The molecule has 1 aliphatic carbocycles. The van der Waals surface area contributed by atoms with Gasteiger partial charge in [0, 0.05) is 12.0 Å². The Kier molecular flexibility index (Phi) is 2.10. The zero-order valence-electron chi connectivity index (χ0n) is 7.34. The van der Waals surface area contributed by atoms with E-state index in [2.05, 4.69) is 10.2 Å². The van der Waals surface area contributed by atoms with Crippen LogP contribution in [-0.4, -0.2) is 11.1 Å². The van der Waals surface area contributed by atoms with Gasteiger partial charge in [0.2, 0.25) is 0 Å². The van der Waals surface area contributed by atoms with Crippen molar-refractivity contribution in [1.82, 2.24) is 0 Å². The van der Waals surface area contributed by atoms with E-state index in [-0.39, 0.29) is 0 Å². The van der Waals surface area contributed by atoms with Crippen LogP contribution < -0.4 is 0 Å². The summed E-state index contributed by atoms with van der Waals surface area (Å²) in [6, 6.07) is 0. The van der Waals surface area contributed by atoms with E-state index in [9.17, 15) is 4.79 Å². The summed E-state index contributed by atoms with van der Waals surface area (Å²) in [5.41, 5.74) is 2.24. The summed E-state index contributed by atoms with van der Waals surface area (Å²) in [4.78, 5) is 10.7. The van der Waals surface area contributed by atoms with Crippen LogP contribution in [0.1, 0.15) is 6.42 Å². The highest BCUT2D eigenvalue weighted by Gasteiger charge is 2.15. The number of aliphatic carboxylic acids is 1. The summed E-state index contributed by atoms with van der Waals surface area (Å²) >= 11 is 0. The molecule has 1 heterocycles. The second kappa shape index (κ2) is 3.41. The Morgan fingerprint density at radius 3 is 3.00 bits per heavy atom. The van der Waals surface area contributed by atoms with Crippen LogP contribution in [0.15, 0.2) is 57.6 Å². The van der Waals surface area contributed by atoms with E-state index in [0.29, 0.717) is 12.0 Å². The predicted octanol–water partition coefficient (Wildman–Crippen LogP) is 2.19. The van der Waals surface area contributed by atoms with E-state index in [4.69, 9.17) is 5.11 Å². The van der Waals surface area contributed by atoms with Gasteiger partial charge in [-0.1, -0.05) is 12.2 Å². The first-order valence-electron chi connectivity index (χ1n) is 4.17. The third-order valence-corrected chi connectivity index (χ3v) is 2.09. The molecule has 4 nitrogen and oxygen atoms in total. The van der Waals surface area contributed by atoms with Crippen molar-refractivity contribution in [3.8, 4) is 0 Å². The smallest absolute Gasteiger partial charge is 0.331 e. The van der Waals surface area contributed by atoms with Crippen molar-refractivity contribution in [2.24, 2.45) is 10.2 Å². The third kappa shape index (κ3) is 1.54. The van der Waals surface area contributed by atoms with Crippen molar-refractivity contribution in [3.63, 3.8) is 0 Å². The molecule has 1 N–H and O–H groups in total. The van der Waals surface area contributed by atoms with Gasteiger partial charge in [0.25, 0.3) is 0 Å². The first-order chi connectivity index (χ1) is 6.77. The van der Waals surface area contributed by atoms with E-state index in [0.717, 1.165) is 11.1 Å². The molecule has 2 aliphatic rings. The molecule has 1 aliphatic heterocycles.